The van der Waals surface area contributed by atoms with Crippen LogP contribution in [0, 0.1) is 5.92 Å². The lowest BCUT2D eigenvalue weighted by Crippen LogP contribution is -2.10. The molecule has 0 N–H and O–H groups in total. The molecule has 1 heterocycles. The van der Waals surface area contributed by atoms with Gasteiger partial charge in [0, 0.05) is 11.0 Å². The molecule has 11 heavy (non-hydrogen) atoms. The molecule has 62 valence electrons. The van der Waals surface area contributed by atoms with Crippen LogP contribution in [0.5, 0.6) is 0 Å². The van der Waals surface area contributed by atoms with Crippen LogP contribution in [-0.4, -0.2) is 5.71 Å². The van der Waals surface area contributed by atoms with Gasteiger partial charge >= 0.3 is 0 Å². The third-order valence-corrected chi connectivity index (χ3v) is 3.86. The van der Waals surface area contributed by atoms with Gasteiger partial charge in [0.05, 0.1) is 5.71 Å². The minimum atomic E-state index is 0.554. The monoisotopic (exact) mass is 187 g/mol. The van der Waals surface area contributed by atoms with E-state index < -0.39 is 0 Å². The Morgan fingerprint density at radius 1 is 1.27 bits per heavy atom. The molecule has 0 saturated heterocycles. The van der Waals surface area contributed by atoms with Crippen molar-refractivity contribution in [2.24, 2.45) is 10.3 Å². The molecule has 0 unspecified atom stereocenters. The van der Waals surface area contributed by atoms with Crippen LogP contribution in [0.3, 0.4) is 0 Å². The maximum absolute atomic E-state index is 4.40. The van der Waals surface area contributed by atoms with Crippen molar-refractivity contribution in [3.8, 4) is 0 Å². The molecule has 0 fully saturated rings. The van der Waals surface area contributed by atoms with E-state index in [1.165, 1.54) is 16.2 Å². The number of hydrogen-bond acceptors (Lipinski definition) is 3. The fourth-order valence-electron chi connectivity index (χ4n) is 0.964. The summed E-state index contributed by atoms with van der Waals surface area (Å²) in [6.07, 6.45) is 0. The van der Waals surface area contributed by atoms with Crippen LogP contribution in [0.2, 0.25) is 0 Å². The number of rotatable bonds is 1. The zero-order chi connectivity index (χ0) is 8.43. The Morgan fingerprint density at radius 2 is 1.91 bits per heavy atom. The Morgan fingerprint density at radius 3 is 2.36 bits per heavy atom. The van der Waals surface area contributed by atoms with E-state index in [-0.39, 0.29) is 0 Å². The van der Waals surface area contributed by atoms with E-state index in [1.807, 2.05) is 0 Å². The van der Waals surface area contributed by atoms with Gasteiger partial charge in [-0.1, -0.05) is 13.8 Å². The fourth-order valence-corrected chi connectivity index (χ4v) is 2.83. The van der Waals surface area contributed by atoms with Crippen molar-refractivity contribution in [1.82, 2.24) is 0 Å². The smallest absolute Gasteiger partial charge is 0.0559 e. The maximum Gasteiger partial charge on any atom is 0.0559 e. The van der Waals surface area contributed by atoms with Crippen molar-refractivity contribution in [2.45, 2.75) is 27.7 Å². The van der Waals surface area contributed by atoms with E-state index in [2.05, 4.69) is 32.1 Å². The third kappa shape index (κ3) is 2.03. The lowest BCUT2D eigenvalue weighted by atomic mass is 10.0. The maximum atomic E-state index is 4.40. The fraction of sp³-hybridized carbons (Fsp3) is 0.625. The van der Waals surface area contributed by atoms with Crippen molar-refractivity contribution < 1.29 is 0 Å². The molecule has 0 aromatic carbocycles. The molecule has 1 rings (SSSR count). The van der Waals surface area contributed by atoms with Crippen molar-refractivity contribution in [2.75, 3.05) is 0 Å². The number of nitrogens with zero attached hydrogens (tertiary/aromatic N) is 1. The van der Waals surface area contributed by atoms with Crippen LogP contribution in [0.4, 0.5) is 0 Å². The van der Waals surface area contributed by atoms with Crippen LogP contribution < -0.4 is 0 Å². The highest BCUT2D eigenvalue weighted by Crippen LogP contribution is 2.38. The molecule has 0 saturated carbocycles. The van der Waals surface area contributed by atoms with Crippen molar-refractivity contribution >= 4 is 27.5 Å². The minimum Gasteiger partial charge on any atom is -0.209 e. The summed E-state index contributed by atoms with van der Waals surface area (Å²) in [7, 11) is 3.35. The second-order valence-electron chi connectivity index (χ2n) is 2.97. The standard InChI is InChI=1S/C8H13NS2/c1-5(2)8-6(3)7(4)10-11-9-8/h5H,1-4H3. The Kier molecular flexibility index (Phi) is 3.07. The molecule has 0 bridgehead atoms. The van der Waals surface area contributed by atoms with Gasteiger partial charge in [-0.05, 0) is 41.0 Å². The zero-order valence-corrected chi connectivity index (χ0v) is 8.97. The van der Waals surface area contributed by atoms with E-state index in [1.54, 1.807) is 21.8 Å². The Balaban J connectivity index is 2.89. The summed E-state index contributed by atoms with van der Waals surface area (Å²) in [5.74, 6) is 0.554. The van der Waals surface area contributed by atoms with Crippen molar-refractivity contribution in [3.63, 3.8) is 0 Å². The van der Waals surface area contributed by atoms with Crippen LogP contribution >= 0.6 is 21.8 Å². The summed E-state index contributed by atoms with van der Waals surface area (Å²) < 4.78 is 4.40. The molecule has 1 aliphatic rings. The first-order valence-corrected chi connectivity index (χ1v) is 5.83. The van der Waals surface area contributed by atoms with Gasteiger partial charge in [-0.2, -0.15) is 0 Å². The summed E-state index contributed by atoms with van der Waals surface area (Å²) in [4.78, 5) is 1.40. The molecule has 0 atom stereocenters. The highest BCUT2D eigenvalue weighted by molar-refractivity contribution is 8.77. The molecule has 1 aliphatic heterocycles. The molecule has 0 aliphatic carbocycles. The van der Waals surface area contributed by atoms with Gasteiger partial charge < -0.3 is 0 Å². The first-order valence-electron chi connectivity index (χ1n) is 3.72. The zero-order valence-electron chi connectivity index (χ0n) is 7.34. The van der Waals surface area contributed by atoms with Crippen molar-refractivity contribution in [3.05, 3.63) is 10.5 Å². The second-order valence-corrected chi connectivity index (χ2v) is 5.03. The van der Waals surface area contributed by atoms with Gasteiger partial charge in [0.25, 0.3) is 0 Å². The van der Waals surface area contributed by atoms with Crippen molar-refractivity contribution in [1.29, 1.82) is 0 Å². The Labute approximate surface area is 76.3 Å². The molecule has 0 radical (unpaired) electrons. The third-order valence-electron chi connectivity index (χ3n) is 1.76. The number of allylic oxidation sites excluding steroid dienone is 2. The second kappa shape index (κ2) is 3.68. The predicted octanol–water partition coefficient (Wildman–Crippen LogP) is 3.69. The van der Waals surface area contributed by atoms with Crippen LogP contribution in [0.1, 0.15) is 27.7 Å². The molecule has 0 spiro atoms. The van der Waals surface area contributed by atoms with Gasteiger partial charge in [0.1, 0.15) is 0 Å². The average molecular weight is 187 g/mol. The SMILES string of the molecule is CC1=C(C)C(C(C)C)=NSS1. The highest BCUT2D eigenvalue weighted by Gasteiger charge is 2.14. The lowest BCUT2D eigenvalue weighted by molar-refractivity contribution is 0.885. The van der Waals surface area contributed by atoms with E-state index >= 15 is 0 Å². The van der Waals surface area contributed by atoms with Gasteiger partial charge in [0.2, 0.25) is 0 Å². The molecule has 0 aromatic rings. The van der Waals surface area contributed by atoms with Crippen LogP contribution in [0.25, 0.3) is 0 Å². The topological polar surface area (TPSA) is 12.4 Å². The van der Waals surface area contributed by atoms with E-state index in [0.717, 1.165) is 0 Å². The van der Waals surface area contributed by atoms with Gasteiger partial charge in [0.15, 0.2) is 0 Å². The van der Waals surface area contributed by atoms with E-state index in [0.29, 0.717) is 5.92 Å². The highest BCUT2D eigenvalue weighted by atomic mass is 33.1. The van der Waals surface area contributed by atoms with Crippen LogP contribution in [-0.2, 0) is 0 Å². The summed E-state index contributed by atoms with van der Waals surface area (Å²) in [5.41, 5.74) is 2.62. The van der Waals surface area contributed by atoms with E-state index in [9.17, 15) is 0 Å². The quantitative estimate of drug-likeness (QED) is 0.458. The molecule has 3 heteroatoms. The Bertz CT molecular complexity index is 216. The summed E-state index contributed by atoms with van der Waals surface area (Å²) in [5, 5.41) is 0. The Hall–Kier alpha value is 0.110. The lowest BCUT2D eigenvalue weighted by Gasteiger charge is -2.16. The average Bonchev–Trinajstić information content (AvgIpc) is 1.94. The van der Waals surface area contributed by atoms with Gasteiger partial charge in [-0.3, -0.25) is 0 Å². The molecule has 0 amide bonds. The summed E-state index contributed by atoms with van der Waals surface area (Å²) >= 11 is 0. The number of hydrogen-bond donors (Lipinski definition) is 0. The first-order chi connectivity index (χ1) is 5.13. The predicted molar refractivity (Wildman–Crippen MR) is 55.8 cm³/mol. The largest absolute Gasteiger partial charge is 0.209 e. The van der Waals surface area contributed by atoms with E-state index in [4.69, 9.17) is 0 Å². The summed E-state index contributed by atoms with van der Waals surface area (Å²) in [6.45, 7) is 8.68. The normalized spacial score (nSPS) is 19.2. The molecular weight excluding hydrogens is 174 g/mol. The van der Waals surface area contributed by atoms with Gasteiger partial charge in [-0.15, -0.1) is 0 Å². The minimum absolute atomic E-state index is 0.554. The first kappa shape index (κ1) is 9.20. The van der Waals surface area contributed by atoms with Crippen LogP contribution in [0.15, 0.2) is 14.9 Å². The van der Waals surface area contributed by atoms with Gasteiger partial charge in [-0.25, -0.2) is 4.40 Å². The molecule has 1 nitrogen and oxygen atoms in total. The summed E-state index contributed by atoms with van der Waals surface area (Å²) in [6, 6.07) is 0. The molecule has 0 aromatic heterocycles. The molecular formula is C8H13NS2.